The second-order valence-corrected chi connectivity index (χ2v) is 7.13. The van der Waals surface area contributed by atoms with Crippen molar-refractivity contribution in [1.82, 2.24) is 5.32 Å². The predicted octanol–water partition coefficient (Wildman–Crippen LogP) is 5.26. The number of anilines is 2. The molecular formula is C23H21ClFN3O2. The second-order valence-electron chi connectivity index (χ2n) is 6.69. The highest BCUT2D eigenvalue weighted by molar-refractivity contribution is 6.30. The summed E-state index contributed by atoms with van der Waals surface area (Å²) >= 11 is 5.97. The van der Waals surface area contributed by atoms with E-state index in [9.17, 15) is 14.0 Å². The molecule has 0 saturated carbocycles. The van der Waals surface area contributed by atoms with Crippen molar-refractivity contribution < 1.29 is 14.0 Å². The highest BCUT2D eigenvalue weighted by atomic mass is 35.5. The first-order chi connectivity index (χ1) is 14.4. The van der Waals surface area contributed by atoms with Crippen LogP contribution in [0.1, 0.15) is 15.9 Å². The fraction of sp³-hybridized carbons (Fsp3) is 0.130. The van der Waals surface area contributed by atoms with Crippen molar-refractivity contribution >= 4 is 34.9 Å². The van der Waals surface area contributed by atoms with Gasteiger partial charge in [0.15, 0.2) is 0 Å². The molecule has 0 saturated heterocycles. The molecule has 0 aliphatic heterocycles. The van der Waals surface area contributed by atoms with Crippen LogP contribution in [0.25, 0.3) is 0 Å². The molecule has 0 aliphatic carbocycles. The van der Waals surface area contributed by atoms with Gasteiger partial charge in [0.1, 0.15) is 5.82 Å². The number of carbonyl (C=O) groups is 2. The van der Waals surface area contributed by atoms with Crippen LogP contribution in [0.5, 0.6) is 0 Å². The molecule has 0 aromatic heterocycles. The van der Waals surface area contributed by atoms with E-state index in [-0.39, 0.29) is 19.0 Å². The summed E-state index contributed by atoms with van der Waals surface area (Å²) in [6.45, 7) is 2.35. The SMILES string of the molecule is Cc1ccc(C(=O)NCCN(C(=O)Nc2cccc(Cl)c2)c2ccc(F)cc2)cc1. The van der Waals surface area contributed by atoms with Gasteiger partial charge in [-0.3, -0.25) is 9.69 Å². The first kappa shape index (κ1) is 21.3. The summed E-state index contributed by atoms with van der Waals surface area (Å²) < 4.78 is 13.3. The zero-order chi connectivity index (χ0) is 21.5. The Bertz CT molecular complexity index is 1020. The number of hydrogen-bond acceptors (Lipinski definition) is 2. The van der Waals surface area contributed by atoms with Crippen LogP contribution < -0.4 is 15.5 Å². The number of halogens is 2. The van der Waals surface area contributed by atoms with E-state index in [0.717, 1.165) is 5.56 Å². The molecule has 0 atom stereocenters. The van der Waals surface area contributed by atoms with Crippen molar-refractivity contribution in [3.05, 3.63) is 94.8 Å². The number of amides is 3. The number of aryl methyl sites for hydroxylation is 1. The minimum absolute atomic E-state index is 0.190. The second kappa shape index (κ2) is 9.89. The van der Waals surface area contributed by atoms with Crippen LogP contribution in [0.3, 0.4) is 0 Å². The molecule has 0 heterocycles. The molecule has 0 unspecified atom stereocenters. The number of nitrogens with one attached hydrogen (secondary N) is 2. The van der Waals surface area contributed by atoms with Gasteiger partial charge >= 0.3 is 6.03 Å². The fourth-order valence-corrected chi connectivity index (χ4v) is 3.00. The van der Waals surface area contributed by atoms with Crippen molar-refractivity contribution in [3.8, 4) is 0 Å². The van der Waals surface area contributed by atoms with Crippen molar-refractivity contribution in [1.29, 1.82) is 0 Å². The van der Waals surface area contributed by atoms with Gasteiger partial charge in [0.05, 0.1) is 0 Å². The first-order valence-corrected chi connectivity index (χ1v) is 9.75. The van der Waals surface area contributed by atoms with Crippen molar-refractivity contribution in [3.63, 3.8) is 0 Å². The summed E-state index contributed by atoms with van der Waals surface area (Å²) in [6, 6.07) is 19.1. The third-order valence-electron chi connectivity index (χ3n) is 4.39. The van der Waals surface area contributed by atoms with E-state index in [1.807, 2.05) is 19.1 Å². The Balaban J connectivity index is 1.69. The Morgan fingerprint density at radius 2 is 1.70 bits per heavy atom. The van der Waals surface area contributed by atoms with Gasteiger partial charge in [-0.2, -0.15) is 0 Å². The summed E-state index contributed by atoms with van der Waals surface area (Å²) in [5.41, 5.74) is 2.63. The van der Waals surface area contributed by atoms with E-state index >= 15 is 0 Å². The normalized spacial score (nSPS) is 10.4. The molecule has 3 rings (SSSR count). The third kappa shape index (κ3) is 5.81. The lowest BCUT2D eigenvalue weighted by Crippen LogP contribution is -2.41. The number of rotatable bonds is 6. The van der Waals surface area contributed by atoms with Gasteiger partial charge < -0.3 is 10.6 Å². The van der Waals surface area contributed by atoms with Gasteiger partial charge in [0.25, 0.3) is 5.91 Å². The zero-order valence-corrected chi connectivity index (χ0v) is 17.1. The molecule has 30 heavy (non-hydrogen) atoms. The molecule has 3 aromatic rings. The standard InChI is InChI=1S/C23H21ClFN3O2/c1-16-5-7-17(8-6-16)22(29)26-13-14-28(21-11-9-19(25)10-12-21)23(30)27-20-4-2-3-18(24)15-20/h2-12,15H,13-14H2,1H3,(H,26,29)(H,27,30). The van der Waals surface area contributed by atoms with E-state index in [1.54, 1.807) is 36.4 Å². The van der Waals surface area contributed by atoms with Gasteiger partial charge in [-0.25, -0.2) is 9.18 Å². The highest BCUT2D eigenvalue weighted by Crippen LogP contribution is 2.19. The summed E-state index contributed by atoms with van der Waals surface area (Å²) in [4.78, 5) is 26.6. The molecule has 0 spiro atoms. The van der Waals surface area contributed by atoms with Gasteiger partial charge in [0, 0.05) is 35.1 Å². The van der Waals surface area contributed by atoms with Gasteiger partial charge in [-0.1, -0.05) is 35.4 Å². The van der Waals surface area contributed by atoms with Crippen LogP contribution in [0.15, 0.2) is 72.8 Å². The van der Waals surface area contributed by atoms with E-state index in [2.05, 4.69) is 10.6 Å². The number of carbonyl (C=O) groups excluding carboxylic acids is 2. The van der Waals surface area contributed by atoms with Crippen molar-refractivity contribution in [2.45, 2.75) is 6.92 Å². The van der Waals surface area contributed by atoms with Crippen LogP contribution in [0.4, 0.5) is 20.6 Å². The largest absolute Gasteiger partial charge is 0.350 e. The van der Waals surface area contributed by atoms with Gasteiger partial charge in [0.2, 0.25) is 0 Å². The Hall–Kier alpha value is -3.38. The number of hydrogen-bond donors (Lipinski definition) is 2. The summed E-state index contributed by atoms with van der Waals surface area (Å²) in [5, 5.41) is 6.06. The Labute approximate surface area is 179 Å². The molecule has 0 bridgehead atoms. The Morgan fingerprint density at radius 3 is 2.37 bits per heavy atom. The average molecular weight is 426 g/mol. The van der Waals surface area contributed by atoms with Crippen LogP contribution in [-0.2, 0) is 0 Å². The molecule has 5 nitrogen and oxygen atoms in total. The lowest BCUT2D eigenvalue weighted by Gasteiger charge is -2.23. The number of benzene rings is 3. The third-order valence-corrected chi connectivity index (χ3v) is 4.63. The summed E-state index contributed by atoms with van der Waals surface area (Å²) in [7, 11) is 0. The summed E-state index contributed by atoms with van der Waals surface area (Å²) in [6.07, 6.45) is 0. The molecule has 0 aliphatic rings. The van der Waals surface area contributed by atoms with E-state index in [1.165, 1.54) is 29.2 Å². The Kier molecular flexibility index (Phi) is 7.03. The molecule has 7 heteroatoms. The molecule has 0 fully saturated rings. The number of nitrogens with zero attached hydrogens (tertiary/aromatic N) is 1. The maximum atomic E-state index is 13.3. The van der Waals surface area contributed by atoms with E-state index in [4.69, 9.17) is 11.6 Å². The maximum absolute atomic E-state index is 13.3. The molecular weight excluding hydrogens is 405 g/mol. The maximum Gasteiger partial charge on any atom is 0.326 e. The van der Waals surface area contributed by atoms with Crippen molar-refractivity contribution in [2.75, 3.05) is 23.3 Å². The molecule has 0 radical (unpaired) electrons. The monoisotopic (exact) mass is 425 g/mol. The fourth-order valence-electron chi connectivity index (χ4n) is 2.81. The topological polar surface area (TPSA) is 61.4 Å². The van der Waals surface area contributed by atoms with Gasteiger partial charge in [-0.05, 0) is 61.5 Å². The highest BCUT2D eigenvalue weighted by Gasteiger charge is 2.17. The van der Waals surface area contributed by atoms with E-state index in [0.29, 0.717) is 22.0 Å². The minimum atomic E-state index is -0.423. The van der Waals surface area contributed by atoms with Crippen LogP contribution in [-0.4, -0.2) is 25.0 Å². The minimum Gasteiger partial charge on any atom is -0.350 e. The first-order valence-electron chi connectivity index (χ1n) is 9.37. The zero-order valence-electron chi connectivity index (χ0n) is 16.4. The molecule has 3 aromatic carbocycles. The van der Waals surface area contributed by atoms with Gasteiger partial charge in [-0.15, -0.1) is 0 Å². The van der Waals surface area contributed by atoms with Crippen LogP contribution in [0, 0.1) is 12.7 Å². The van der Waals surface area contributed by atoms with Crippen LogP contribution >= 0.6 is 11.6 Å². The van der Waals surface area contributed by atoms with Crippen molar-refractivity contribution in [2.24, 2.45) is 0 Å². The number of urea groups is 1. The van der Waals surface area contributed by atoms with E-state index < -0.39 is 11.8 Å². The quantitative estimate of drug-likeness (QED) is 0.566. The smallest absolute Gasteiger partial charge is 0.326 e. The summed E-state index contributed by atoms with van der Waals surface area (Å²) in [5.74, 6) is -0.633. The lowest BCUT2D eigenvalue weighted by atomic mass is 10.1. The predicted molar refractivity (Wildman–Crippen MR) is 118 cm³/mol. The average Bonchev–Trinajstić information content (AvgIpc) is 2.72. The molecule has 2 N–H and O–H groups in total. The Morgan fingerprint density at radius 1 is 1.00 bits per heavy atom. The molecule has 3 amide bonds. The lowest BCUT2D eigenvalue weighted by molar-refractivity contribution is 0.0954. The molecule has 154 valence electrons. The van der Waals surface area contributed by atoms with Crippen LogP contribution in [0.2, 0.25) is 5.02 Å².